The summed E-state index contributed by atoms with van der Waals surface area (Å²) in [5.41, 5.74) is 7.34. The lowest BCUT2D eigenvalue weighted by Gasteiger charge is -2.29. The van der Waals surface area contributed by atoms with Crippen LogP contribution >= 0.6 is 11.8 Å². The number of benzene rings is 2. The number of halogens is 1. The number of nitrogens with zero attached hydrogens (tertiary/aromatic N) is 7. The molecule has 3 aliphatic rings. The molecule has 61 heavy (non-hydrogen) atoms. The Labute approximate surface area is 361 Å². The molecule has 3 N–H and O–H groups in total. The molecular weight excluding hydrogens is 794 g/mol. The fourth-order valence-electron chi connectivity index (χ4n) is 8.81. The summed E-state index contributed by atoms with van der Waals surface area (Å²) >= 11 is 2.00. The lowest BCUT2D eigenvalue weighted by Crippen LogP contribution is -2.44. The second-order valence-electron chi connectivity index (χ2n) is 16.5. The number of β-amino-alcohol motifs (C(OH)–C–C–N with tert-alkyl or cyclic N) is 1. The van der Waals surface area contributed by atoms with E-state index in [-0.39, 0.29) is 36.0 Å². The smallest absolute Gasteiger partial charge is 0.257 e. The van der Waals surface area contributed by atoms with Crippen molar-refractivity contribution in [2.45, 2.75) is 71.1 Å². The molecule has 3 aromatic heterocycles. The highest BCUT2D eigenvalue weighted by atomic mass is 32.2. The van der Waals surface area contributed by atoms with E-state index in [0.29, 0.717) is 42.6 Å². The first kappa shape index (κ1) is 42.7. The van der Waals surface area contributed by atoms with Crippen molar-refractivity contribution < 1.29 is 23.8 Å². The number of aliphatic hydroxyl groups excluding tert-OH is 1. The number of hydrogen-bond donors (Lipinski definition) is 3. The summed E-state index contributed by atoms with van der Waals surface area (Å²) in [6.45, 7) is 12.5. The molecule has 2 aliphatic heterocycles. The first-order valence-corrected chi connectivity index (χ1v) is 22.7. The lowest BCUT2D eigenvalue weighted by molar-refractivity contribution is 0.0890. The van der Waals surface area contributed by atoms with E-state index in [4.69, 9.17) is 4.74 Å². The number of rotatable bonds is 13. The average molecular weight is 850 g/mol. The summed E-state index contributed by atoms with van der Waals surface area (Å²) in [5.74, 6) is 1.46. The molecule has 1 aliphatic carbocycles. The summed E-state index contributed by atoms with van der Waals surface area (Å²) in [5, 5.41) is 20.0. The molecule has 13 nitrogen and oxygen atoms in total. The van der Waals surface area contributed by atoms with Gasteiger partial charge < -0.3 is 20.5 Å². The molecule has 5 heterocycles. The first-order valence-electron chi connectivity index (χ1n) is 21.5. The van der Waals surface area contributed by atoms with Crippen LogP contribution in [-0.4, -0.2) is 127 Å². The number of fused-ring (bicyclic) bond motifs is 1. The molecule has 0 radical (unpaired) electrons. The molecule has 0 unspecified atom stereocenters. The Balaban J connectivity index is 0.927. The van der Waals surface area contributed by atoms with Gasteiger partial charge in [0.2, 0.25) is 5.88 Å². The maximum Gasteiger partial charge on any atom is 0.257 e. The van der Waals surface area contributed by atoms with Crippen LogP contribution in [0, 0.1) is 19.7 Å². The molecule has 8 rings (SSSR count). The van der Waals surface area contributed by atoms with Crippen molar-refractivity contribution in [1.82, 2.24) is 44.9 Å². The number of aliphatic hydroxyl groups is 1. The fourth-order valence-corrected chi connectivity index (χ4v) is 9.79. The van der Waals surface area contributed by atoms with Gasteiger partial charge in [0.05, 0.1) is 19.0 Å². The number of nitrogens with one attached hydrogen (secondary N) is 2. The van der Waals surface area contributed by atoms with Gasteiger partial charge in [-0.25, -0.2) is 18.9 Å². The number of carbonyl (C=O) groups excluding carboxylic acids is 2. The first-order chi connectivity index (χ1) is 29.7. The minimum atomic E-state index is -0.631. The maximum atomic E-state index is 14.7. The van der Waals surface area contributed by atoms with E-state index in [1.54, 1.807) is 10.7 Å². The molecule has 2 aromatic carbocycles. The number of pyridine rings is 1. The molecule has 1 saturated carbocycles. The Morgan fingerprint density at radius 2 is 1.56 bits per heavy atom. The summed E-state index contributed by atoms with van der Waals surface area (Å²) < 4.78 is 22.6. The van der Waals surface area contributed by atoms with Crippen molar-refractivity contribution >= 4 is 29.2 Å². The zero-order valence-electron chi connectivity index (χ0n) is 35.1. The molecule has 0 spiro atoms. The number of amides is 2. The van der Waals surface area contributed by atoms with Crippen LogP contribution < -0.4 is 15.4 Å². The van der Waals surface area contributed by atoms with Crippen molar-refractivity contribution in [3.8, 4) is 22.8 Å². The largest absolute Gasteiger partial charge is 0.438 e. The number of aromatic nitrogens is 4. The standard InChI is InChI=1S/C46H56FN9O4S/c1-31-23-32(2)56-43(50-31)42(28-49-56)45(59)52-38-10-8-37(9-11-38)51-44(58)41-26-36(47)27-48-46(41)60-39-6-3-5-34(25-39)40-12-7-33(24-35(40)30-55-18-21-61-22-19-55)29-54-14-4-13-53(15-16-54)17-20-57/h3,5-7,12,23-28,37-38,57H,4,8-11,13-22,29-30H2,1-2H3,(H,51,58)(H,52,59)/t37-,38-. The normalized spacial score (nSPS) is 19.4. The van der Waals surface area contributed by atoms with Crippen LogP contribution in [0.15, 0.2) is 67.0 Å². The van der Waals surface area contributed by atoms with E-state index < -0.39 is 11.7 Å². The van der Waals surface area contributed by atoms with Crippen LogP contribution in [0.25, 0.3) is 16.8 Å². The van der Waals surface area contributed by atoms with Crippen molar-refractivity contribution in [2.75, 3.05) is 63.9 Å². The SMILES string of the molecule is Cc1cc(C)n2ncc(C(=O)N[C@H]3CC[C@H](NC(=O)c4cc(F)cnc4Oc4cccc(-c5ccc(CN6CCCN(CCO)CC6)cc5CN5CCSCC5)c4)CC3)c2n1. The average Bonchev–Trinajstić information content (AvgIpc) is 3.57. The maximum absolute atomic E-state index is 14.7. The van der Waals surface area contributed by atoms with Crippen molar-refractivity contribution in [1.29, 1.82) is 0 Å². The highest BCUT2D eigenvalue weighted by Gasteiger charge is 2.27. The number of hydrogen-bond acceptors (Lipinski definition) is 11. The van der Waals surface area contributed by atoms with Crippen molar-refractivity contribution in [3.63, 3.8) is 0 Å². The van der Waals surface area contributed by atoms with E-state index in [1.165, 1.54) is 17.2 Å². The Bertz CT molecular complexity index is 2330. The number of ether oxygens (including phenoxy) is 1. The minimum absolute atomic E-state index is 0.0213. The van der Waals surface area contributed by atoms with Gasteiger partial charge in [0, 0.05) is 80.8 Å². The summed E-state index contributed by atoms with van der Waals surface area (Å²) in [4.78, 5) is 43.1. The summed E-state index contributed by atoms with van der Waals surface area (Å²) in [6, 6.07) is 17.4. The molecule has 2 amide bonds. The third kappa shape index (κ3) is 10.8. The number of carbonyl (C=O) groups is 2. The summed E-state index contributed by atoms with van der Waals surface area (Å²) in [6.07, 6.45) is 6.32. The van der Waals surface area contributed by atoms with E-state index >= 15 is 0 Å². The minimum Gasteiger partial charge on any atom is -0.438 e. The monoisotopic (exact) mass is 849 g/mol. The van der Waals surface area contributed by atoms with Gasteiger partial charge in [0.1, 0.15) is 22.7 Å². The molecule has 0 atom stereocenters. The second kappa shape index (κ2) is 19.8. The van der Waals surface area contributed by atoms with Crippen LogP contribution in [0.3, 0.4) is 0 Å². The predicted octanol–water partition coefficient (Wildman–Crippen LogP) is 5.86. The van der Waals surface area contributed by atoms with Gasteiger partial charge in [0.15, 0.2) is 5.65 Å². The topological polar surface area (TPSA) is 140 Å². The van der Waals surface area contributed by atoms with Crippen LogP contribution in [0.4, 0.5) is 4.39 Å². The van der Waals surface area contributed by atoms with Gasteiger partial charge in [0.25, 0.3) is 11.8 Å². The molecule has 322 valence electrons. The van der Waals surface area contributed by atoms with Crippen LogP contribution in [0.2, 0.25) is 0 Å². The predicted molar refractivity (Wildman–Crippen MR) is 236 cm³/mol. The van der Waals surface area contributed by atoms with Gasteiger partial charge in [-0.05, 0) is 106 Å². The third-order valence-electron chi connectivity index (χ3n) is 12.0. The molecular formula is C46H56FN9O4S. The van der Waals surface area contributed by atoms with Gasteiger partial charge >= 0.3 is 0 Å². The van der Waals surface area contributed by atoms with Gasteiger partial charge in [-0.3, -0.25) is 24.3 Å². The van der Waals surface area contributed by atoms with Gasteiger partial charge in [-0.1, -0.05) is 30.3 Å². The Kier molecular flexibility index (Phi) is 13.9. The summed E-state index contributed by atoms with van der Waals surface area (Å²) in [7, 11) is 0. The Morgan fingerprint density at radius 3 is 2.33 bits per heavy atom. The van der Waals surface area contributed by atoms with E-state index in [0.717, 1.165) is 106 Å². The quantitative estimate of drug-likeness (QED) is 0.131. The van der Waals surface area contributed by atoms with E-state index in [9.17, 15) is 19.1 Å². The van der Waals surface area contributed by atoms with E-state index in [2.05, 4.69) is 64.7 Å². The lowest BCUT2D eigenvalue weighted by atomic mass is 9.91. The molecule has 15 heteroatoms. The molecule has 5 aromatic rings. The fraction of sp³-hybridized carbons (Fsp3) is 0.457. The molecule has 0 bridgehead atoms. The zero-order valence-corrected chi connectivity index (χ0v) is 35.9. The van der Waals surface area contributed by atoms with Crippen LogP contribution in [0.1, 0.15) is 75.3 Å². The number of thioether (sulfide) groups is 1. The third-order valence-corrected chi connectivity index (χ3v) is 13.0. The van der Waals surface area contributed by atoms with Crippen LogP contribution in [-0.2, 0) is 13.1 Å². The zero-order chi connectivity index (χ0) is 42.3. The van der Waals surface area contributed by atoms with Gasteiger partial charge in [-0.15, -0.1) is 0 Å². The van der Waals surface area contributed by atoms with Crippen molar-refractivity contribution in [3.05, 3.63) is 106 Å². The Hall–Kier alpha value is -4.93. The van der Waals surface area contributed by atoms with Crippen molar-refractivity contribution in [2.24, 2.45) is 0 Å². The van der Waals surface area contributed by atoms with Crippen LogP contribution in [0.5, 0.6) is 11.6 Å². The number of aryl methyl sites for hydroxylation is 2. The Morgan fingerprint density at radius 1 is 0.836 bits per heavy atom. The molecule has 2 saturated heterocycles. The highest BCUT2D eigenvalue weighted by molar-refractivity contribution is 7.99. The van der Waals surface area contributed by atoms with Gasteiger partial charge in [-0.2, -0.15) is 16.9 Å². The van der Waals surface area contributed by atoms with E-state index in [1.807, 2.05) is 49.9 Å². The highest BCUT2D eigenvalue weighted by Crippen LogP contribution is 2.33. The molecule has 3 fully saturated rings. The second-order valence-corrected chi connectivity index (χ2v) is 17.8.